The Hall–Kier alpha value is -2.97. The molecule has 0 aliphatic heterocycles. The first-order valence-electron chi connectivity index (χ1n) is 16.5. The van der Waals surface area contributed by atoms with Crippen molar-refractivity contribution in [2.24, 2.45) is 0 Å². The number of aromatic hydroxyl groups is 1. The first kappa shape index (κ1) is 33.9. The molecule has 0 bridgehead atoms. The Kier molecular flexibility index (Phi) is 10.8. The Labute approximate surface area is 265 Å². The van der Waals surface area contributed by atoms with E-state index in [-0.39, 0.29) is 39.7 Å². The second-order valence-electron chi connectivity index (χ2n) is 14.2. The van der Waals surface area contributed by atoms with Crippen molar-refractivity contribution in [3.05, 3.63) is 59.5 Å². The summed E-state index contributed by atoms with van der Waals surface area (Å²) in [5, 5.41) is 13.8. The summed E-state index contributed by atoms with van der Waals surface area (Å²) >= 11 is 0. The minimum absolute atomic E-state index is 0.0770. The fourth-order valence-electron chi connectivity index (χ4n) is 6.09. The summed E-state index contributed by atoms with van der Waals surface area (Å²) in [5.41, 5.74) is 1.25. The fraction of sp³-hybridized carbons (Fsp3) is 0.583. The van der Waals surface area contributed by atoms with Crippen molar-refractivity contribution < 1.29 is 19.1 Å². The number of hydrogen-bond acceptors (Lipinski definition) is 6. The zero-order chi connectivity index (χ0) is 32.1. The molecule has 0 unspecified atom stereocenters. The van der Waals surface area contributed by atoms with E-state index < -0.39 is 8.32 Å². The van der Waals surface area contributed by atoms with Gasteiger partial charge in [0.15, 0.2) is 14.0 Å². The maximum absolute atomic E-state index is 14.3. The van der Waals surface area contributed by atoms with Gasteiger partial charge in [0.05, 0.1) is 13.2 Å². The van der Waals surface area contributed by atoms with E-state index in [1.54, 1.807) is 4.90 Å². The van der Waals surface area contributed by atoms with Gasteiger partial charge in [0, 0.05) is 24.4 Å². The largest absolute Gasteiger partial charge is 0.491 e. The lowest BCUT2D eigenvalue weighted by molar-refractivity contribution is 0.0656. The number of carbonyl (C=O) groups is 1. The van der Waals surface area contributed by atoms with E-state index in [4.69, 9.17) is 14.1 Å². The molecule has 3 aromatic rings. The smallest absolute Gasteiger partial charge is 0.276 e. The van der Waals surface area contributed by atoms with Gasteiger partial charge in [0.2, 0.25) is 5.75 Å². The predicted octanol–water partition coefficient (Wildman–Crippen LogP) is 8.44. The maximum Gasteiger partial charge on any atom is 0.276 e. The Morgan fingerprint density at radius 2 is 1.73 bits per heavy atom. The minimum atomic E-state index is -1.98. The van der Waals surface area contributed by atoms with E-state index in [9.17, 15) is 9.90 Å². The molecule has 1 saturated carbocycles. The summed E-state index contributed by atoms with van der Waals surface area (Å²) in [5.74, 6) is 0.0233. The minimum Gasteiger partial charge on any atom is -0.491 e. The lowest BCUT2D eigenvalue weighted by Gasteiger charge is -2.37. The average molecular weight is 620 g/mol. The molecule has 0 atom stereocenters. The number of hydrogen-bond donors (Lipinski definition) is 1. The number of benzene rings is 2. The van der Waals surface area contributed by atoms with Gasteiger partial charge < -0.3 is 19.2 Å². The zero-order valence-electron chi connectivity index (χ0n) is 28.2. The van der Waals surface area contributed by atoms with E-state index >= 15 is 0 Å². The number of carbonyl (C=O) groups excluding carboxylic acids is 1. The number of unbranched alkanes of at least 4 members (excludes halogenated alkanes) is 1. The number of fused-ring (bicyclic) bond motifs is 1. The molecule has 2 aromatic carbocycles. The molecule has 8 heteroatoms. The molecule has 1 amide bonds. The van der Waals surface area contributed by atoms with Crippen molar-refractivity contribution in [2.75, 3.05) is 19.8 Å². The van der Waals surface area contributed by atoms with Crippen LogP contribution in [-0.4, -0.2) is 60.0 Å². The standard InChI is InChI=1S/C36H53N3O4Si/c1-9-10-23-42-32-31(34(41)39(26(2)3)22-24-43-44(7,8)35(4,5)6)37-30(38-33(32)40)25-36(20-13-14-21-36)29-19-15-17-27-16-11-12-18-28(27)29/h11-12,15-19,26H,9-10,13-14,20-25H2,1-8H3,(H,37,38,40). The lowest BCUT2D eigenvalue weighted by Crippen LogP contribution is -2.45. The molecule has 1 fully saturated rings. The van der Waals surface area contributed by atoms with E-state index in [1.165, 1.54) is 16.3 Å². The van der Waals surface area contributed by atoms with Crippen LogP contribution in [0.15, 0.2) is 42.5 Å². The third-order valence-electron chi connectivity index (χ3n) is 9.74. The summed E-state index contributed by atoms with van der Waals surface area (Å²) in [6.45, 7) is 18.4. The van der Waals surface area contributed by atoms with Crippen LogP contribution < -0.4 is 4.74 Å². The summed E-state index contributed by atoms with van der Waals surface area (Å²) in [4.78, 5) is 25.5. The first-order chi connectivity index (χ1) is 20.8. The van der Waals surface area contributed by atoms with Gasteiger partial charge in [0.25, 0.3) is 11.8 Å². The van der Waals surface area contributed by atoms with Gasteiger partial charge in [-0.2, -0.15) is 4.98 Å². The quantitative estimate of drug-likeness (QED) is 0.153. The summed E-state index contributed by atoms with van der Waals surface area (Å²) in [6.07, 6.45) is 6.52. The third kappa shape index (κ3) is 7.45. The third-order valence-corrected chi connectivity index (χ3v) is 14.3. The van der Waals surface area contributed by atoms with Crippen LogP contribution in [0, 0.1) is 0 Å². The highest BCUT2D eigenvalue weighted by Gasteiger charge is 2.40. The van der Waals surface area contributed by atoms with E-state index in [0.29, 0.717) is 32.0 Å². The van der Waals surface area contributed by atoms with Crippen molar-refractivity contribution >= 4 is 25.0 Å². The molecule has 0 radical (unpaired) electrons. The molecule has 0 saturated heterocycles. The van der Waals surface area contributed by atoms with Crippen molar-refractivity contribution in [2.45, 2.75) is 116 Å². The molecule has 44 heavy (non-hydrogen) atoms. The van der Waals surface area contributed by atoms with Gasteiger partial charge in [-0.1, -0.05) is 89.4 Å². The van der Waals surface area contributed by atoms with Crippen LogP contribution in [0.3, 0.4) is 0 Å². The first-order valence-corrected chi connectivity index (χ1v) is 19.4. The monoisotopic (exact) mass is 619 g/mol. The van der Waals surface area contributed by atoms with Crippen molar-refractivity contribution in [1.82, 2.24) is 14.9 Å². The maximum atomic E-state index is 14.3. The normalized spacial score (nSPS) is 15.2. The molecular weight excluding hydrogens is 566 g/mol. The van der Waals surface area contributed by atoms with Crippen LogP contribution in [0.5, 0.6) is 11.6 Å². The molecule has 240 valence electrons. The van der Waals surface area contributed by atoms with Gasteiger partial charge in [-0.05, 0) is 67.6 Å². The van der Waals surface area contributed by atoms with Crippen LogP contribution >= 0.6 is 0 Å². The highest BCUT2D eigenvalue weighted by atomic mass is 28.4. The van der Waals surface area contributed by atoms with Crippen LogP contribution in [-0.2, 0) is 16.3 Å². The molecule has 1 aliphatic carbocycles. The SMILES string of the molecule is CCCCOc1c(O)nc(CC2(c3cccc4ccccc34)CCCC2)nc1C(=O)N(CCO[Si](C)(C)C(C)(C)C)C(C)C. The Morgan fingerprint density at radius 1 is 1.05 bits per heavy atom. The van der Waals surface area contributed by atoms with E-state index in [2.05, 4.69) is 88.2 Å². The number of nitrogens with zero attached hydrogens (tertiary/aromatic N) is 3. The fourth-order valence-corrected chi connectivity index (χ4v) is 7.12. The van der Waals surface area contributed by atoms with Gasteiger partial charge in [-0.15, -0.1) is 0 Å². The van der Waals surface area contributed by atoms with Gasteiger partial charge in [-0.3, -0.25) is 4.79 Å². The topological polar surface area (TPSA) is 84.8 Å². The number of amides is 1. The summed E-state index contributed by atoms with van der Waals surface area (Å²) < 4.78 is 12.4. The lowest BCUT2D eigenvalue weighted by atomic mass is 9.74. The molecule has 1 N–H and O–H groups in total. The van der Waals surface area contributed by atoms with Crippen LogP contribution in [0.2, 0.25) is 18.1 Å². The highest BCUT2D eigenvalue weighted by Crippen LogP contribution is 2.46. The summed E-state index contributed by atoms with van der Waals surface area (Å²) in [6, 6.07) is 14.9. The van der Waals surface area contributed by atoms with Gasteiger partial charge in [-0.25, -0.2) is 4.98 Å². The van der Waals surface area contributed by atoms with E-state index in [1.807, 2.05) is 13.8 Å². The van der Waals surface area contributed by atoms with Crippen LogP contribution in [0.25, 0.3) is 10.8 Å². The van der Waals surface area contributed by atoms with E-state index in [0.717, 1.165) is 38.5 Å². The van der Waals surface area contributed by atoms with Gasteiger partial charge >= 0.3 is 0 Å². The number of ether oxygens (including phenoxy) is 1. The van der Waals surface area contributed by atoms with Crippen LogP contribution in [0.1, 0.15) is 102 Å². The Bertz CT molecular complexity index is 1420. The van der Waals surface area contributed by atoms with Crippen molar-refractivity contribution in [3.8, 4) is 11.6 Å². The Balaban J connectivity index is 1.70. The van der Waals surface area contributed by atoms with Crippen molar-refractivity contribution in [3.63, 3.8) is 0 Å². The second-order valence-corrected chi connectivity index (χ2v) is 19.0. The molecular formula is C36H53N3O4Si. The molecule has 0 spiro atoms. The summed E-state index contributed by atoms with van der Waals surface area (Å²) in [7, 11) is -1.98. The molecule has 4 rings (SSSR count). The van der Waals surface area contributed by atoms with Gasteiger partial charge in [0.1, 0.15) is 5.82 Å². The number of rotatable bonds is 13. The Morgan fingerprint density at radius 3 is 2.39 bits per heavy atom. The highest BCUT2D eigenvalue weighted by molar-refractivity contribution is 6.74. The predicted molar refractivity (Wildman–Crippen MR) is 181 cm³/mol. The molecule has 1 aromatic heterocycles. The zero-order valence-corrected chi connectivity index (χ0v) is 29.2. The molecule has 1 aliphatic rings. The molecule has 7 nitrogen and oxygen atoms in total. The number of aromatic nitrogens is 2. The molecule has 1 heterocycles. The van der Waals surface area contributed by atoms with Crippen molar-refractivity contribution in [1.29, 1.82) is 0 Å². The second kappa shape index (κ2) is 14.0. The van der Waals surface area contributed by atoms with Crippen LogP contribution in [0.4, 0.5) is 0 Å². The average Bonchev–Trinajstić information content (AvgIpc) is 3.44.